The van der Waals surface area contributed by atoms with Gasteiger partial charge >= 0.3 is 0 Å². The Labute approximate surface area is 200 Å². The normalized spacial score (nSPS) is 18.7. The van der Waals surface area contributed by atoms with Gasteiger partial charge in [0.2, 0.25) is 0 Å². The number of ether oxygens (including phenoxy) is 1. The van der Waals surface area contributed by atoms with E-state index in [9.17, 15) is 4.79 Å². The molecule has 0 spiro atoms. The third kappa shape index (κ3) is 3.97. The van der Waals surface area contributed by atoms with Crippen LogP contribution in [0.15, 0.2) is 65.0 Å². The molecule has 0 aliphatic carbocycles. The van der Waals surface area contributed by atoms with Gasteiger partial charge in [0.25, 0.3) is 10.8 Å². The summed E-state index contributed by atoms with van der Waals surface area (Å²) in [5.74, 6) is 0.326. The highest BCUT2D eigenvalue weighted by molar-refractivity contribution is 7.11. The van der Waals surface area contributed by atoms with E-state index in [2.05, 4.69) is 14.8 Å². The standard InChI is InChI=1S/C26H25FN4O2S/c27-23-16-19(3-6-24(23)30-12-8-20(17-30)29-10-1-2-11-29)31-13-7-18-15-21(4-5-22(18)25(31)32)33-26-28-9-14-34-26/h3-7,9,13-16,20H,1-2,8,10-12,17H2/t20-/m1/s1. The Balaban J connectivity index is 1.25. The van der Waals surface area contributed by atoms with Gasteiger partial charge in [0, 0.05) is 48.4 Å². The van der Waals surface area contributed by atoms with Crippen molar-refractivity contribution in [3.63, 3.8) is 0 Å². The number of pyridine rings is 1. The van der Waals surface area contributed by atoms with Gasteiger partial charge in [-0.2, -0.15) is 0 Å². The van der Waals surface area contributed by atoms with Crippen LogP contribution in [0.25, 0.3) is 16.5 Å². The van der Waals surface area contributed by atoms with Crippen LogP contribution >= 0.6 is 11.3 Å². The van der Waals surface area contributed by atoms with Crippen molar-refractivity contribution in [1.82, 2.24) is 14.5 Å². The van der Waals surface area contributed by atoms with Crippen LogP contribution in [0.4, 0.5) is 10.1 Å². The molecule has 2 fully saturated rings. The molecule has 0 unspecified atom stereocenters. The second-order valence-corrected chi connectivity index (χ2v) is 9.76. The van der Waals surface area contributed by atoms with Crippen LogP contribution in [0.5, 0.6) is 10.9 Å². The molecule has 0 bridgehead atoms. The summed E-state index contributed by atoms with van der Waals surface area (Å²) >= 11 is 1.40. The molecule has 2 aliphatic heterocycles. The smallest absolute Gasteiger partial charge is 0.278 e. The fourth-order valence-electron chi connectivity index (χ4n) is 5.12. The van der Waals surface area contributed by atoms with Crippen LogP contribution in [0, 0.1) is 5.82 Å². The van der Waals surface area contributed by atoms with E-state index < -0.39 is 0 Å². The minimum Gasteiger partial charge on any atom is -0.431 e. The molecule has 4 heterocycles. The predicted molar refractivity (Wildman–Crippen MR) is 133 cm³/mol. The number of hydrogen-bond donors (Lipinski definition) is 0. The number of fused-ring (bicyclic) bond motifs is 1. The lowest BCUT2D eigenvalue weighted by Crippen LogP contribution is -2.35. The molecule has 4 aromatic rings. The van der Waals surface area contributed by atoms with Gasteiger partial charge in [0.15, 0.2) is 0 Å². The van der Waals surface area contributed by atoms with E-state index >= 15 is 4.39 Å². The molecule has 34 heavy (non-hydrogen) atoms. The number of hydrogen-bond acceptors (Lipinski definition) is 6. The molecule has 2 aliphatic rings. The molecule has 2 saturated heterocycles. The molecule has 2 aromatic heterocycles. The van der Waals surface area contributed by atoms with E-state index in [1.54, 1.807) is 30.6 Å². The van der Waals surface area contributed by atoms with E-state index in [4.69, 9.17) is 4.74 Å². The first-order valence-corrected chi connectivity index (χ1v) is 12.6. The summed E-state index contributed by atoms with van der Waals surface area (Å²) < 4.78 is 22.4. The van der Waals surface area contributed by atoms with E-state index in [-0.39, 0.29) is 11.4 Å². The molecule has 2 aromatic carbocycles. The summed E-state index contributed by atoms with van der Waals surface area (Å²) in [6.45, 7) is 4.03. The van der Waals surface area contributed by atoms with Gasteiger partial charge in [0.1, 0.15) is 11.6 Å². The fourth-order valence-corrected chi connectivity index (χ4v) is 5.63. The molecule has 0 radical (unpaired) electrons. The highest BCUT2D eigenvalue weighted by Crippen LogP contribution is 2.29. The number of aromatic nitrogens is 2. The maximum atomic E-state index is 15.2. The predicted octanol–water partition coefficient (Wildman–Crippen LogP) is 5.05. The van der Waals surface area contributed by atoms with Gasteiger partial charge in [-0.15, -0.1) is 0 Å². The first-order valence-electron chi connectivity index (χ1n) is 11.7. The van der Waals surface area contributed by atoms with Crippen molar-refractivity contribution >= 4 is 27.8 Å². The van der Waals surface area contributed by atoms with Crippen molar-refractivity contribution in [2.24, 2.45) is 0 Å². The Bertz CT molecular complexity index is 1380. The van der Waals surface area contributed by atoms with Crippen molar-refractivity contribution in [2.75, 3.05) is 31.1 Å². The molecule has 6 rings (SSSR count). The zero-order valence-electron chi connectivity index (χ0n) is 18.7. The molecule has 8 heteroatoms. The average molecular weight is 477 g/mol. The number of nitrogens with zero attached hydrogens (tertiary/aromatic N) is 4. The SMILES string of the molecule is O=c1c2ccc(Oc3nccs3)cc2ccn1-c1ccc(N2CC[C@@H](N3CCCC3)C2)c(F)c1. The first-order chi connectivity index (χ1) is 16.7. The fraction of sp³-hybridized carbons (Fsp3) is 0.308. The highest BCUT2D eigenvalue weighted by atomic mass is 32.1. The van der Waals surface area contributed by atoms with E-state index in [0.29, 0.717) is 33.7 Å². The molecular weight excluding hydrogens is 451 g/mol. The number of benzene rings is 2. The zero-order valence-corrected chi connectivity index (χ0v) is 19.5. The Morgan fingerprint density at radius 2 is 1.94 bits per heavy atom. The quantitative estimate of drug-likeness (QED) is 0.403. The number of rotatable bonds is 5. The molecule has 0 N–H and O–H groups in total. The van der Waals surface area contributed by atoms with Crippen LogP contribution in [-0.2, 0) is 0 Å². The summed E-state index contributed by atoms with van der Waals surface area (Å²) in [5.41, 5.74) is 0.940. The Hall–Kier alpha value is -3.23. The van der Waals surface area contributed by atoms with Crippen molar-refractivity contribution in [1.29, 1.82) is 0 Å². The summed E-state index contributed by atoms with van der Waals surface area (Å²) in [6, 6.07) is 12.8. The summed E-state index contributed by atoms with van der Waals surface area (Å²) in [7, 11) is 0. The lowest BCUT2D eigenvalue weighted by molar-refractivity contribution is 0.260. The summed E-state index contributed by atoms with van der Waals surface area (Å²) in [4.78, 5) is 22.0. The topological polar surface area (TPSA) is 50.6 Å². The second kappa shape index (κ2) is 8.85. The van der Waals surface area contributed by atoms with Crippen molar-refractivity contribution in [2.45, 2.75) is 25.3 Å². The number of anilines is 1. The average Bonchev–Trinajstić information content (AvgIpc) is 3.62. The van der Waals surface area contributed by atoms with Gasteiger partial charge in [-0.1, -0.05) is 11.3 Å². The largest absolute Gasteiger partial charge is 0.431 e. The van der Waals surface area contributed by atoms with Crippen LogP contribution in [0.3, 0.4) is 0 Å². The Kier molecular flexibility index (Phi) is 5.55. The second-order valence-electron chi connectivity index (χ2n) is 8.91. The molecule has 1 atom stereocenters. The number of halogens is 1. The van der Waals surface area contributed by atoms with E-state index in [1.807, 2.05) is 23.6 Å². The third-order valence-electron chi connectivity index (χ3n) is 6.86. The van der Waals surface area contributed by atoms with E-state index in [1.165, 1.54) is 34.8 Å². The zero-order chi connectivity index (χ0) is 23.1. The maximum Gasteiger partial charge on any atom is 0.278 e. The lowest BCUT2D eigenvalue weighted by Gasteiger charge is -2.25. The van der Waals surface area contributed by atoms with Crippen molar-refractivity contribution in [3.8, 4) is 16.6 Å². The molecule has 6 nitrogen and oxygen atoms in total. The third-order valence-corrected chi connectivity index (χ3v) is 7.51. The van der Waals surface area contributed by atoms with Gasteiger partial charge in [-0.25, -0.2) is 9.37 Å². The lowest BCUT2D eigenvalue weighted by atomic mass is 10.1. The van der Waals surface area contributed by atoms with Crippen LogP contribution in [-0.4, -0.2) is 46.7 Å². The van der Waals surface area contributed by atoms with E-state index in [0.717, 1.165) is 38.0 Å². The van der Waals surface area contributed by atoms with Crippen LogP contribution < -0.4 is 15.2 Å². The van der Waals surface area contributed by atoms with Gasteiger partial charge in [-0.05, 0) is 74.1 Å². The molecule has 174 valence electrons. The first kappa shape index (κ1) is 21.3. The number of thiazole rings is 1. The van der Waals surface area contributed by atoms with Crippen molar-refractivity contribution in [3.05, 3.63) is 76.4 Å². The van der Waals surface area contributed by atoms with Gasteiger partial charge in [0.05, 0.1) is 11.4 Å². The van der Waals surface area contributed by atoms with Gasteiger partial charge in [-0.3, -0.25) is 14.3 Å². The Morgan fingerprint density at radius 1 is 1.06 bits per heavy atom. The highest BCUT2D eigenvalue weighted by Gasteiger charge is 2.30. The van der Waals surface area contributed by atoms with Gasteiger partial charge < -0.3 is 9.64 Å². The maximum absolute atomic E-state index is 15.2. The summed E-state index contributed by atoms with van der Waals surface area (Å²) in [5, 5.41) is 3.70. The number of likely N-dealkylation sites (tertiary alicyclic amines) is 1. The molecule has 0 saturated carbocycles. The van der Waals surface area contributed by atoms with Crippen LogP contribution in [0.2, 0.25) is 0 Å². The summed E-state index contributed by atoms with van der Waals surface area (Å²) in [6.07, 6.45) is 6.96. The monoisotopic (exact) mass is 476 g/mol. The Morgan fingerprint density at radius 3 is 2.74 bits per heavy atom. The van der Waals surface area contributed by atoms with Crippen molar-refractivity contribution < 1.29 is 9.13 Å². The molecule has 0 amide bonds. The molecular formula is C26H25FN4O2S. The van der Waals surface area contributed by atoms with Crippen LogP contribution in [0.1, 0.15) is 19.3 Å². The minimum absolute atomic E-state index is 0.194. The minimum atomic E-state index is -0.293.